The van der Waals surface area contributed by atoms with E-state index in [-0.39, 0.29) is 12.5 Å². The Labute approximate surface area is 74.9 Å². The summed E-state index contributed by atoms with van der Waals surface area (Å²) in [7, 11) is 0. The van der Waals surface area contributed by atoms with Crippen LogP contribution in [0.1, 0.15) is 33.1 Å². The molecule has 0 spiro atoms. The van der Waals surface area contributed by atoms with Crippen LogP contribution in [0.3, 0.4) is 0 Å². The summed E-state index contributed by atoms with van der Waals surface area (Å²) in [5.74, 6) is 0.0150. The van der Waals surface area contributed by atoms with E-state index in [0.717, 1.165) is 19.3 Å². The first-order valence-electron chi connectivity index (χ1n) is 4.68. The Morgan fingerprint density at radius 1 is 1.42 bits per heavy atom. The lowest BCUT2D eigenvalue weighted by molar-refractivity contribution is 0.0935. The van der Waals surface area contributed by atoms with Gasteiger partial charge in [0.2, 0.25) is 0 Å². The second-order valence-corrected chi connectivity index (χ2v) is 3.10. The molecule has 2 N–H and O–H groups in total. The Bertz CT molecular complexity index is 121. The summed E-state index contributed by atoms with van der Waals surface area (Å²) < 4.78 is 0. The summed E-state index contributed by atoms with van der Waals surface area (Å²) >= 11 is 0. The summed E-state index contributed by atoms with van der Waals surface area (Å²) in [5.41, 5.74) is 0. The minimum atomic E-state index is -0.480. The van der Waals surface area contributed by atoms with Gasteiger partial charge >= 0.3 is 0 Å². The van der Waals surface area contributed by atoms with Gasteiger partial charge in [-0.05, 0) is 13.3 Å². The zero-order chi connectivity index (χ0) is 9.40. The summed E-state index contributed by atoms with van der Waals surface area (Å²) in [5, 5.41) is 18.4. The zero-order valence-corrected chi connectivity index (χ0v) is 8.03. The molecular weight excluding hydrogens is 152 g/mol. The summed E-state index contributed by atoms with van der Waals surface area (Å²) in [6, 6.07) is 0. The molecular formula is C10H20O2. The number of hydrogen-bond donors (Lipinski definition) is 2. The predicted molar refractivity (Wildman–Crippen MR) is 50.9 cm³/mol. The lowest BCUT2D eigenvalue weighted by Gasteiger charge is -2.17. The standard InChI is InChI=1S/C10H20O2/c1-3-5-7-9(8-11)10(12)6-4-2/h4,6,9-12H,3,5,7-8H2,1-2H3/b6-4+. The normalized spacial score (nSPS) is 16.7. The van der Waals surface area contributed by atoms with E-state index in [1.807, 2.05) is 13.0 Å². The predicted octanol–water partition coefficient (Wildman–Crippen LogP) is 1.72. The van der Waals surface area contributed by atoms with Crippen molar-refractivity contribution in [3.8, 4) is 0 Å². The van der Waals surface area contributed by atoms with Crippen LogP contribution in [0.25, 0.3) is 0 Å². The molecule has 2 atom stereocenters. The number of hydrogen-bond acceptors (Lipinski definition) is 2. The van der Waals surface area contributed by atoms with Crippen LogP contribution < -0.4 is 0 Å². The summed E-state index contributed by atoms with van der Waals surface area (Å²) in [6.07, 6.45) is 6.15. The molecule has 12 heavy (non-hydrogen) atoms. The molecule has 0 bridgehead atoms. The topological polar surface area (TPSA) is 40.5 Å². The Hall–Kier alpha value is -0.340. The van der Waals surface area contributed by atoms with E-state index < -0.39 is 6.10 Å². The second-order valence-electron chi connectivity index (χ2n) is 3.10. The lowest BCUT2D eigenvalue weighted by Crippen LogP contribution is -2.21. The highest BCUT2D eigenvalue weighted by Crippen LogP contribution is 2.13. The minimum absolute atomic E-state index is 0.0150. The number of aliphatic hydroxyl groups excluding tert-OH is 2. The molecule has 2 unspecified atom stereocenters. The van der Waals surface area contributed by atoms with Gasteiger partial charge in [-0.1, -0.05) is 31.9 Å². The van der Waals surface area contributed by atoms with Gasteiger partial charge in [0.05, 0.1) is 6.10 Å². The molecule has 0 fully saturated rings. The van der Waals surface area contributed by atoms with Gasteiger partial charge in [0.25, 0.3) is 0 Å². The van der Waals surface area contributed by atoms with Crippen molar-refractivity contribution in [3.05, 3.63) is 12.2 Å². The van der Waals surface area contributed by atoms with Gasteiger partial charge in [-0.15, -0.1) is 0 Å². The van der Waals surface area contributed by atoms with Crippen LogP contribution in [0.2, 0.25) is 0 Å². The maximum Gasteiger partial charge on any atom is 0.0770 e. The van der Waals surface area contributed by atoms with Crippen LogP contribution in [-0.4, -0.2) is 22.9 Å². The van der Waals surface area contributed by atoms with E-state index in [1.165, 1.54) is 0 Å². The van der Waals surface area contributed by atoms with Crippen molar-refractivity contribution in [1.82, 2.24) is 0 Å². The van der Waals surface area contributed by atoms with Gasteiger partial charge in [0, 0.05) is 12.5 Å². The molecule has 0 saturated heterocycles. The highest BCUT2D eigenvalue weighted by molar-refractivity contribution is 4.89. The van der Waals surface area contributed by atoms with Gasteiger partial charge in [-0.25, -0.2) is 0 Å². The van der Waals surface area contributed by atoms with Crippen LogP contribution in [-0.2, 0) is 0 Å². The highest BCUT2D eigenvalue weighted by atomic mass is 16.3. The maximum atomic E-state index is 9.49. The molecule has 0 amide bonds. The Morgan fingerprint density at radius 2 is 2.08 bits per heavy atom. The van der Waals surface area contributed by atoms with Crippen molar-refractivity contribution in [1.29, 1.82) is 0 Å². The molecule has 2 nitrogen and oxygen atoms in total. The summed E-state index contributed by atoms with van der Waals surface area (Å²) in [6.45, 7) is 4.06. The van der Waals surface area contributed by atoms with Crippen molar-refractivity contribution in [2.45, 2.75) is 39.2 Å². The van der Waals surface area contributed by atoms with Crippen molar-refractivity contribution >= 4 is 0 Å². The molecule has 0 aromatic carbocycles. The van der Waals surface area contributed by atoms with Gasteiger partial charge < -0.3 is 10.2 Å². The third-order valence-corrected chi connectivity index (χ3v) is 2.04. The van der Waals surface area contributed by atoms with Crippen LogP contribution >= 0.6 is 0 Å². The SMILES string of the molecule is C/C=C/C(O)C(CO)CCCC. The van der Waals surface area contributed by atoms with E-state index in [4.69, 9.17) is 5.11 Å². The average Bonchev–Trinajstić information content (AvgIpc) is 2.06. The molecule has 0 aliphatic heterocycles. The molecule has 72 valence electrons. The lowest BCUT2D eigenvalue weighted by atomic mass is 9.96. The monoisotopic (exact) mass is 172 g/mol. The van der Waals surface area contributed by atoms with E-state index in [2.05, 4.69) is 6.92 Å². The van der Waals surface area contributed by atoms with E-state index >= 15 is 0 Å². The van der Waals surface area contributed by atoms with Crippen molar-refractivity contribution in [2.75, 3.05) is 6.61 Å². The largest absolute Gasteiger partial charge is 0.396 e. The Balaban J connectivity index is 3.78. The van der Waals surface area contributed by atoms with Crippen LogP contribution in [0.4, 0.5) is 0 Å². The highest BCUT2D eigenvalue weighted by Gasteiger charge is 2.14. The molecule has 0 aliphatic rings. The molecule has 0 heterocycles. The summed E-state index contributed by atoms with van der Waals surface area (Å²) in [4.78, 5) is 0. The molecule has 2 heteroatoms. The van der Waals surface area contributed by atoms with Gasteiger partial charge in [-0.2, -0.15) is 0 Å². The third-order valence-electron chi connectivity index (χ3n) is 2.04. The molecule has 0 aromatic rings. The fourth-order valence-corrected chi connectivity index (χ4v) is 1.19. The van der Waals surface area contributed by atoms with Crippen LogP contribution in [0.15, 0.2) is 12.2 Å². The van der Waals surface area contributed by atoms with Gasteiger partial charge in [0.1, 0.15) is 0 Å². The Kier molecular flexibility index (Phi) is 7.11. The molecule has 0 aromatic heterocycles. The van der Waals surface area contributed by atoms with E-state index in [1.54, 1.807) is 6.08 Å². The number of allylic oxidation sites excluding steroid dienone is 1. The van der Waals surface area contributed by atoms with E-state index in [9.17, 15) is 5.11 Å². The number of aliphatic hydroxyl groups is 2. The molecule has 0 radical (unpaired) electrons. The molecule has 0 rings (SSSR count). The maximum absolute atomic E-state index is 9.49. The fourth-order valence-electron chi connectivity index (χ4n) is 1.19. The zero-order valence-electron chi connectivity index (χ0n) is 8.03. The number of unbranched alkanes of at least 4 members (excludes halogenated alkanes) is 1. The quantitative estimate of drug-likeness (QED) is 0.599. The van der Waals surface area contributed by atoms with Gasteiger partial charge in [0.15, 0.2) is 0 Å². The van der Waals surface area contributed by atoms with Crippen molar-refractivity contribution in [2.24, 2.45) is 5.92 Å². The van der Waals surface area contributed by atoms with Crippen LogP contribution in [0.5, 0.6) is 0 Å². The molecule has 0 aliphatic carbocycles. The average molecular weight is 172 g/mol. The van der Waals surface area contributed by atoms with Crippen molar-refractivity contribution < 1.29 is 10.2 Å². The fraction of sp³-hybridized carbons (Fsp3) is 0.800. The van der Waals surface area contributed by atoms with E-state index in [0.29, 0.717) is 0 Å². The Morgan fingerprint density at radius 3 is 2.50 bits per heavy atom. The smallest absolute Gasteiger partial charge is 0.0770 e. The second kappa shape index (κ2) is 7.32. The first kappa shape index (κ1) is 11.7. The van der Waals surface area contributed by atoms with Crippen molar-refractivity contribution in [3.63, 3.8) is 0 Å². The van der Waals surface area contributed by atoms with Gasteiger partial charge in [-0.3, -0.25) is 0 Å². The number of rotatable bonds is 6. The first-order chi connectivity index (χ1) is 5.76. The molecule has 0 saturated carbocycles. The third kappa shape index (κ3) is 4.52. The van der Waals surface area contributed by atoms with Crippen LogP contribution in [0, 0.1) is 5.92 Å². The first-order valence-corrected chi connectivity index (χ1v) is 4.68. The minimum Gasteiger partial charge on any atom is -0.396 e.